The van der Waals surface area contributed by atoms with Crippen molar-refractivity contribution in [3.8, 4) is 11.1 Å². The van der Waals surface area contributed by atoms with Crippen LogP contribution in [-0.2, 0) is 17.6 Å². The van der Waals surface area contributed by atoms with E-state index >= 15 is 0 Å². The summed E-state index contributed by atoms with van der Waals surface area (Å²) in [6.07, 6.45) is 4.38. The van der Waals surface area contributed by atoms with Crippen molar-refractivity contribution in [1.29, 1.82) is 0 Å². The summed E-state index contributed by atoms with van der Waals surface area (Å²) in [7, 11) is 0. The van der Waals surface area contributed by atoms with Crippen LogP contribution in [-0.4, -0.2) is 42.1 Å². The molecule has 4 nitrogen and oxygen atoms in total. The number of nitrogens with zero attached hydrogens (tertiary/aromatic N) is 2. The number of benzene rings is 1. The summed E-state index contributed by atoms with van der Waals surface area (Å²) in [5, 5.41) is 1.05. The van der Waals surface area contributed by atoms with E-state index in [4.69, 9.17) is 9.72 Å². The number of pyridine rings is 1. The molecular formula is C23H24ClFN2O2S. The molecule has 2 aromatic heterocycles. The Morgan fingerprint density at radius 1 is 1.20 bits per heavy atom. The van der Waals surface area contributed by atoms with Gasteiger partial charge in [-0.15, -0.1) is 23.7 Å². The number of hydrogen-bond donors (Lipinski definition) is 0. The summed E-state index contributed by atoms with van der Waals surface area (Å²) in [6, 6.07) is 6.60. The Labute approximate surface area is 185 Å². The highest BCUT2D eigenvalue weighted by Crippen LogP contribution is 2.43. The fourth-order valence-corrected chi connectivity index (χ4v) is 5.84. The van der Waals surface area contributed by atoms with E-state index in [1.165, 1.54) is 29.0 Å². The zero-order valence-corrected chi connectivity index (χ0v) is 18.5. The molecule has 1 aliphatic heterocycles. The van der Waals surface area contributed by atoms with Gasteiger partial charge in [0, 0.05) is 28.9 Å². The van der Waals surface area contributed by atoms with Gasteiger partial charge in [-0.25, -0.2) is 9.37 Å². The maximum atomic E-state index is 14.2. The van der Waals surface area contributed by atoms with E-state index in [0.29, 0.717) is 37.6 Å². The molecule has 30 heavy (non-hydrogen) atoms. The molecule has 0 atom stereocenters. The summed E-state index contributed by atoms with van der Waals surface area (Å²) in [5.74, 6) is -0.325. The normalized spacial score (nSPS) is 16.3. The second kappa shape index (κ2) is 8.61. The third kappa shape index (κ3) is 3.61. The van der Waals surface area contributed by atoms with Crippen LogP contribution in [0.4, 0.5) is 4.39 Å². The zero-order chi connectivity index (χ0) is 20.0. The molecule has 0 saturated carbocycles. The molecule has 158 valence electrons. The molecule has 0 radical (unpaired) electrons. The van der Waals surface area contributed by atoms with Crippen LogP contribution < -0.4 is 0 Å². The number of rotatable bonds is 2. The molecule has 1 aromatic carbocycles. The number of halogens is 2. The van der Waals surface area contributed by atoms with Crippen molar-refractivity contribution in [3.63, 3.8) is 0 Å². The maximum absolute atomic E-state index is 14.2. The van der Waals surface area contributed by atoms with Crippen LogP contribution in [0, 0.1) is 12.7 Å². The Morgan fingerprint density at radius 2 is 1.97 bits per heavy atom. The standard InChI is InChI=1S/C23H23FN2O2S.ClH/c1-14-19(23(27)26-9-11-28-12-10-26)20(15-5-4-6-16(24)13-15)21-17-7-2-3-8-18(17)29-22(21)25-14;/h4-6,13H,2-3,7-12H2,1H3;1H. The lowest BCUT2D eigenvalue weighted by Gasteiger charge is -2.28. The quantitative estimate of drug-likeness (QED) is 0.544. The number of carbonyl (C=O) groups is 1. The Morgan fingerprint density at radius 3 is 2.73 bits per heavy atom. The second-order valence-electron chi connectivity index (χ2n) is 7.75. The van der Waals surface area contributed by atoms with E-state index in [0.717, 1.165) is 40.6 Å². The smallest absolute Gasteiger partial charge is 0.256 e. The van der Waals surface area contributed by atoms with Crippen molar-refractivity contribution in [1.82, 2.24) is 9.88 Å². The average molecular weight is 447 g/mol. The Kier molecular flexibility index (Phi) is 6.09. The monoisotopic (exact) mass is 446 g/mol. The van der Waals surface area contributed by atoms with Gasteiger partial charge in [0.2, 0.25) is 0 Å². The number of morpholine rings is 1. The highest BCUT2D eigenvalue weighted by atomic mass is 35.5. The van der Waals surface area contributed by atoms with Crippen molar-refractivity contribution in [2.45, 2.75) is 32.6 Å². The topological polar surface area (TPSA) is 42.4 Å². The third-order valence-electron chi connectivity index (χ3n) is 5.91. The highest BCUT2D eigenvalue weighted by Gasteiger charge is 2.29. The first-order valence-corrected chi connectivity index (χ1v) is 11.0. The summed E-state index contributed by atoms with van der Waals surface area (Å²) in [6.45, 7) is 4.13. The number of ether oxygens (including phenoxy) is 1. The van der Waals surface area contributed by atoms with E-state index in [1.807, 2.05) is 17.9 Å². The van der Waals surface area contributed by atoms with E-state index in [2.05, 4.69) is 0 Å². The first kappa shape index (κ1) is 21.2. The molecule has 2 aliphatic rings. The van der Waals surface area contributed by atoms with Crippen molar-refractivity contribution in [2.75, 3.05) is 26.3 Å². The zero-order valence-electron chi connectivity index (χ0n) is 16.9. The number of thiophene rings is 1. The number of amides is 1. The highest BCUT2D eigenvalue weighted by molar-refractivity contribution is 7.19. The van der Waals surface area contributed by atoms with E-state index in [1.54, 1.807) is 17.4 Å². The van der Waals surface area contributed by atoms with Crippen molar-refractivity contribution in [3.05, 3.63) is 51.8 Å². The van der Waals surface area contributed by atoms with Gasteiger partial charge in [0.05, 0.1) is 24.5 Å². The van der Waals surface area contributed by atoms with Gasteiger partial charge < -0.3 is 9.64 Å². The van der Waals surface area contributed by atoms with Gasteiger partial charge in [0.15, 0.2) is 0 Å². The van der Waals surface area contributed by atoms with E-state index in [9.17, 15) is 9.18 Å². The minimum absolute atomic E-state index is 0. The van der Waals surface area contributed by atoms with Gasteiger partial charge in [-0.3, -0.25) is 4.79 Å². The van der Waals surface area contributed by atoms with Gasteiger partial charge in [-0.2, -0.15) is 0 Å². The lowest BCUT2D eigenvalue weighted by atomic mass is 9.89. The van der Waals surface area contributed by atoms with Gasteiger partial charge in [-0.1, -0.05) is 12.1 Å². The van der Waals surface area contributed by atoms with Gasteiger partial charge >= 0.3 is 0 Å². The number of hydrogen-bond acceptors (Lipinski definition) is 4. The maximum Gasteiger partial charge on any atom is 0.256 e. The molecule has 3 aromatic rings. The number of aryl methyl sites for hydroxylation is 3. The Hall–Kier alpha value is -2.02. The molecule has 1 fully saturated rings. The molecule has 1 saturated heterocycles. The van der Waals surface area contributed by atoms with Crippen molar-refractivity contribution in [2.24, 2.45) is 0 Å². The minimum atomic E-state index is -0.293. The summed E-state index contributed by atoms with van der Waals surface area (Å²) in [4.78, 5) is 22.6. The molecule has 0 bridgehead atoms. The molecular weight excluding hydrogens is 423 g/mol. The fraction of sp³-hybridized carbons (Fsp3) is 0.391. The van der Waals surface area contributed by atoms with Crippen molar-refractivity contribution >= 4 is 39.9 Å². The lowest BCUT2D eigenvalue weighted by Crippen LogP contribution is -2.41. The van der Waals surface area contributed by atoms with E-state index in [-0.39, 0.29) is 24.1 Å². The first-order valence-electron chi connectivity index (χ1n) is 10.2. The molecule has 3 heterocycles. The first-order chi connectivity index (χ1) is 14.1. The summed E-state index contributed by atoms with van der Waals surface area (Å²) < 4.78 is 19.6. The Balaban J connectivity index is 0.00000218. The molecule has 0 unspecified atom stereocenters. The largest absolute Gasteiger partial charge is 0.378 e. The van der Waals surface area contributed by atoms with Gasteiger partial charge in [0.25, 0.3) is 5.91 Å². The Bertz CT molecular complexity index is 1110. The lowest BCUT2D eigenvalue weighted by molar-refractivity contribution is 0.0302. The predicted octanol–water partition coefficient (Wildman–Crippen LogP) is 5.18. The molecule has 0 N–H and O–H groups in total. The van der Waals surface area contributed by atoms with Crippen LogP contribution >= 0.6 is 23.7 Å². The van der Waals surface area contributed by atoms with Crippen LogP contribution in [0.1, 0.15) is 39.3 Å². The molecule has 7 heteroatoms. The molecule has 5 rings (SSSR count). The SMILES string of the molecule is Cc1nc2sc3c(c2c(-c2cccc(F)c2)c1C(=O)N1CCOCC1)CCCC3.Cl. The van der Waals surface area contributed by atoms with Crippen LogP contribution in [0.3, 0.4) is 0 Å². The van der Waals surface area contributed by atoms with Crippen LogP contribution in [0.2, 0.25) is 0 Å². The average Bonchev–Trinajstić information content (AvgIpc) is 3.10. The van der Waals surface area contributed by atoms with Crippen molar-refractivity contribution < 1.29 is 13.9 Å². The number of fused-ring (bicyclic) bond motifs is 3. The molecule has 1 amide bonds. The number of carbonyl (C=O) groups excluding carboxylic acids is 1. The number of aromatic nitrogens is 1. The minimum Gasteiger partial charge on any atom is -0.378 e. The van der Waals surface area contributed by atoms with Crippen LogP contribution in [0.15, 0.2) is 24.3 Å². The van der Waals surface area contributed by atoms with Crippen LogP contribution in [0.25, 0.3) is 21.3 Å². The second-order valence-corrected chi connectivity index (χ2v) is 8.84. The molecule has 1 aliphatic carbocycles. The predicted molar refractivity (Wildman–Crippen MR) is 120 cm³/mol. The summed E-state index contributed by atoms with van der Waals surface area (Å²) in [5.41, 5.74) is 4.23. The van der Waals surface area contributed by atoms with Crippen LogP contribution in [0.5, 0.6) is 0 Å². The molecule has 0 spiro atoms. The van der Waals surface area contributed by atoms with Gasteiger partial charge in [-0.05, 0) is 55.9 Å². The van der Waals surface area contributed by atoms with Gasteiger partial charge in [0.1, 0.15) is 10.6 Å². The third-order valence-corrected chi connectivity index (χ3v) is 7.09. The fourth-order valence-electron chi connectivity index (χ4n) is 4.52. The summed E-state index contributed by atoms with van der Waals surface area (Å²) >= 11 is 1.73. The van der Waals surface area contributed by atoms with E-state index < -0.39 is 0 Å².